The first-order valence-corrected chi connectivity index (χ1v) is 9.77. The molecule has 1 aliphatic heterocycles. The van der Waals surface area contributed by atoms with Gasteiger partial charge in [-0.3, -0.25) is 4.90 Å². The molecule has 7 nitrogen and oxygen atoms in total. The van der Waals surface area contributed by atoms with Gasteiger partial charge in [-0.05, 0) is 47.9 Å². The Labute approximate surface area is 153 Å². The third-order valence-corrected chi connectivity index (χ3v) is 5.96. The van der Waals surface area contributed by atoms with Crippen molar-refractivity contribution in [2.75, 3.05) is 31.1 Å². The molecule has 2 aliphatic rings. The van der Waals surface area contributed by atoms with E-state index in [0.29, 0.717) is 0 Å². The van der Waals surface area contributed by atoms with Crippen molar-refractivity contribution in [3.8, 4) is 0 Å². The Kier molecular flexibility index (Phi) is 3.96. The van der Waals surface area contributed by atoms with E-state index in [1.54, 1.807) is 0 Å². The van der Waals surface area contributed by atoms with E-state index in [9.17, 15) is 0 Å². The smallest absolute Gasteiger partial charge is 0.222 e. The van der Waals surface area contributed by atoms with Crippen LogP contribution in [-0.2, 0) is 0 Å². The summed E-state index contributed by atoms with van der Waals surface area (Å²) in [5, 5.41) is 12.4. The molecule has 3 aromatic rings. The summed E-state index contributed by atoms with van der Waals surface area (Å²) >= 11 is 0. The third kappa shape index (κ3) is 2.70. The van der Waals surface area contributed by atoms with Crippen LogP contribution in [-0.4, -0.2) is 62.1 Å². The highest BCUT2D eigenvalue weighted by Crippen LogP contribution is 2.27. The van der Waals surface area contributed by atoms with E-state index in [1.807, 2.05) is 4.52 Å². The molecule has 2 fully saturated rings. The molecule has 1 aromatic carbocycles. The van der Waals surface area contributed by atoms with Crippen LogP contribution in [0.4, 0.5) is 5.82 Å². The molecule has 0 spiro atoms. The summed E-state index contributed by atoms with van der Waals surface area (Å²) in [5.41, 5.74) is 3.86. The van der Waals surface area contributed by atoms with Crippen molar-refractivity contribution in [3.05, 3.63) is 23.8 Å². The Hall–Kier alpha value is -2.28. The number of tetrazole rings is 1. The maximum Gasteiger partial charge on any atom is 0.222 e. The number of aromatic nitrogens is 5. The van der Waals surface area contributed by atoms with Crippen molar-refractivity contribution in [1.82, 2.24) is 29.9 Å². The van der Waals surface area contributed by atoms with E-state index in [0.717, 1.165) is 54.7 Å². The molecule has 0 N–H and O–H groups in total. The fraction of sp³-hybridized carbons (Fsp3) is 0.579. The van der Waals surface area contributed by atoms with Gasteiger partial charge in [-0.25, -0.2) is 4.98 Å². The normalized spacial score (nSPS) is 20.3. The Morgan fingerprint density at radius 1 is 1.00 bits per heavy atom. The number of benzene rings is 1. The summed E-state index contributed by atoms with van der Waals surface area (Å²) in [6.45, 7) is 6.26. The number of anilines is 1. The van der Waals surface area contributed by atoms with E-state index in [-0.39, 0.29) is 0 Å². The van der Waals surface area contributed by atoms with Gasteiger partial charge in [-0.1, -0.05) is 25.3 Å². The number of rotatable bonds is 2. The molecule has 5 rings (SSSR count). The molecule has 0 amide bonds. The van der Waals surface area contributed by atoms with E-state index in [4.69, 9.17) is 4.98 Å². The standard InChI is InChI=1S/C19H25N7/c1-14-7-8-16-17(13-14)26-19(21-22-23-26)18(20-16)25-11-9-24(10-12-25)15-5-3-2-4-6-15/h7-8,13,15H,2-6,9-12H2,1H3. The lowest BCUT2D eigenvalue weighted by Crippen LogP contribution is -2.51. The van der Waals surface area contributed by atoms with Crippen molar-refractivity contribution < 1.29 is 0 Å². The van der Waals surface area contributed by atoms with Gasteiger partial charge >= 0.3 is 0 Å². The van der Waals surface area contributed by atoms with Crippen LogP contribution in [0.3, 0.4) is 0 Å². The van der Waals surface area contributed by atoms with Crippen LogP contribution in [0.25, 0.3) is 16.7 Å². The minimum atomic E-state index is 0.759. The lowest BCUT2D eigenvalue weighted by Gasteiger charge is -2.41. The summed E-state index contributed by atoms with van der Waals surface area (Å²) in [6, 6.07) is 7.04. The maximum absolute atomic E-state index is 4.92. The van der Waals surface area contributed by atoms with Crippen molar-refractivity contribution in [1.29, 1.82) is 0 Å². The highest BCUT2D eigenvalue weighted by Gasteiger charge is 2.27. The molecule has 0 atom stereocenters. The van der Waals surface area contributed by atoms with Gasteiger partial charge in [0.2, 0.25) is 5.65 Å². The van der Waals surface area contributed by atoms with Gasteiger partial charge in [-0.15, -0.1) is 5.10 Å². The molecule has 3 heterocycles. The molecule has 1 saturated heterocycles. The highest BCUT2D eigenvalue weighted by atomic mass is 15.5. The summed E-state index contributed by atoms with van der Waals surface area (Å²) in [4.78, 5) is 9.95. The Morgan fingerprint density at radius 3 is 2.62 bits per heavy atom. The van der Waals surface area contributed by atoms with E-state index < -0.39 is 0 Å². The number of hydrogen-bond acceptors (Lipinski definition) is 6. The van der Waals surface area contributed by atoms with Crippen LogP contribution < -0.4 is 4.90 Å². The van der Waals surface area contributed by atoms with Crippen molar-refractivity contribution in [2.24, 2.45) is 0 Å². The van der Waals surface area contributed by atoms with E-state index in [1.165, 1.54) is 37.7 Å². The lowest BCUT2D eigenvalue weighted by atomic mass is 9.94. The molecular weight excluding hydrogens is 326 g/mol. The van der Waals surface area contributed by atoms with Crippen LogP contribution in [0.2, 0.25) is 0 Å². The van der Waals surface area contributed by atoms with Crippen LogP contribution in [0.15, 0.2) is 18.2 Å². The van der Waals surface area contributed by atoms with Crippen molar-refractivity contribution in [3.63, 3.8) is 0 Å². The molecule has 1 aliphatic carbocycles. The fourth-order valence-electron chi connectivity index (χ4n) is 4.51. The zero-order chi connectivity index (χ0) is 17.5. The maximum atomic E-state index is 4.92. The second-order valence-electron chi connectivity index (χ2n) is 7.66. The average molecular weight is 351 g/mol. The molecule has 26 heavy (non-hydrogen) atoms. The molecule has 136 valence electrons. The monoisotopic (exact) mass is 351 g/mol. The summed E-state index contributed by atoms with van der Waals surface area (Å²) in [7, 11) is 0. The predicted molar refractivity (Wildman–Crippen MR) is 101 cm³/mol. The Balaban J connectivity index is 1.44. The third-order valence-electron chi connectivity index (χ3n) is 5.96. The number of nitrogens with zero attached hydrogens (tertiary/aromatic N) is 7. The minimum Gasteiger partial charge on any atom is -0.351 e. The van der Waals surface area contributed by atoms with Gasteiger partial charge in [0, 0.05) is 32.2 Å². The molecule has 2 aromatic heterocycles. The van der Waals surface area contributed by atoms with Gasteiger partial charge in [0.15, 0.2) is 5.82 Å². The minimum absolute atomic E-state index is 0.759. The lowest BCUT2D eigenvalue weighted by molar-refractivity contribution is 0.148. The molecular formula is C19H25N7. The number of piperazine rings is 1. The van der Waals surface area contributed by atoms with Gasteiger partial charge < -0.3 is 4.90 Å². The largest absolute Gasteiger partial charge is 0.351 e. The van der Waals surface area contributed by atoms with Gasteiger partial charge in [0.1, 0.15) is 0 Å². The topological polar surface area (TPSA) is 62.5 Å². The average Bonchev–Trinajstić information content (AvgIpc) is 3.19. The SMILES string of the molecule is Cc1ccc2nc(N3CCN(C4CCCCC4)CC3)c3nnnn3c2c1. The number of aryl methyl sites for hydroxylation is 1. The zero-order valence-corrected chi connectivity index (χ0v) is 15.3. The van der Waals surface area contributed by atoms with E-state index >= 15 is 0 Å². The molecule has 0 radical (unpaired) electrons. The Morgan fingerprint density at radius 2 is 1.81 bits per heavy atom. The summed E-state index contributed by atoms with van der Waals surface area (Å²) < 4.78 is 1.83. The van der Waals surface area contributed by atoms with Crippen LogP contribution in [0.1, 0.15) is 37.7 Å². The second-order valence-corrected chi connectivity index (χ2v) is 7.66. The predicted octanol–water partition coefficient (Wildman–Crippen LogP) is 2.44. The molecule has 7 heteroatoms. The number of fused-ring (bicyclic) bond motifs is 3. The second kappa shape index (κ2) is 6.46. The van der Waals surface area contributed by atoms with Gasteiger partial charge in [0.25, 0.3) is 0 Å². The first-order valence-electron chi connectivity index (χ1n) is 9.77. The molecule has 0 unspecified atom stereocenters. The quantitative estimate of drug-likeness (QED) is 0.707. The van der Waals surface area contributed by atoms with Crippen LogP contribution >= 0.6 is 0 Å². The van der Waals surface area contributed by atoms with Crippen LogP contribution in [0.5, 0.6) is 0 Å². The molecule has 0 bridgehead atoms. The van der Waals surface area contributed by atoms with Crippen molar-refractivity contribution >= 4 is 22.5 Å². The first kappa shape index (κ1) is 15.9. The Bertz CT molecular complexity index is 920. The molecule has 1 saturated carbocycles. The zero-order valence-electron chi connectivity index (χ0n) is 15.3. The van der Waals surface area contributed by atoms with E-state index in [2.05, 4.69) is 50.4 Å². The summed E-state index contributed by atoms with van der Waals surface area (Å²) in [5.74, 6) is 0.912. The fourth-order valence-corrected chi connectivity index (χ4v) is 4.51. The highest BCUT2D eigenvalue weighted by molar-refractivity contribution is 5.82. The summed E-state index contributed by atoms with van der Waals surface area (Å²) in [6.07, 6.45) is 6.93. The first-order chi connectivity index (χ1) is 12.8. The van der Waals surface area contributed by atoms with Crippen LogP contribution in [0, 0.1) is 6.92 Å². The van der Waals surface area contributed by atoms with Crippen molar-refractivity contribution in [2.45, 2.75) is 45.1 Å². The van der Waals surface area contributed by atoms with Gasteiger partial charge in [-0.2, -0.15) is 4.52 Å². The number of hydrogen-bond donors (Lipinski definition) is 0. The van der Waals surface area contributed by atoms with Gasteiger partial charge in [0.05, 0.1) is 11.0 Å².